The van der Waals surface area contributed by atoms with Crippen LogP contribution in [0.25, 0.3) is 11.0 Å². The van der Waals surface area contributed by atoms with Gasteiger partial charge in [0.2, 0.25) is 5.95 Å². The SMILES string of the molecule is COCCCNc1nc2cc(C)ccc2n1CCO. The van der Waals surface area contributed by atoms with Gasteiger partial charge in [-0.2, -0.15) is 0 Å². The number of aromatic nitrogens is 2. The highest BCUT2D eigenvalue weighted by Gasteiger charge is 2.09. The smallest absolute Gasteiger partial charge is 0.203 e. The molecule has 2 N–H and O–H groups in total. The first kappa shape index (κ1) is 13.8. The van der Waals surface area contributed by atoms with Gasteiger partial charge in [0.1, 0.15) is 0 Å². The van der Waals surface area contributed by atoms with Gasteiger partial charge in [-0.05, 0) is 31.0 Å². The van der Waals surface area contributed by atoms with Crippen molar-refractivity contribution in [2.45, 2.75) is 19.9 Å². The van der Waals surface area contributed by atoms with Crippen molar-refractivity contribution >= 4 is 17.0 Å². The van der Waals surface area contributed by atoms with E-state index in [9.17, 15) is 5.11 Å². The predicted molar refractivity (Wildman–Crippen MR) is 76.5 cm³/mol. The lowest BCUT2D eigenvalue weighted by Gasteiger charge is -2.09. The Bertz CT molecular complexity index is 537. The van der Waals surface area contributed by atoms with Gasteiger partial charge in [0, 0.05) is 26.8 Å². The minimum atomic E-state index is 0.103. The average molecular weight is 263 g/mol. The van der Waals surface area contributed by atoms with Crippen LogP contribution in [-0.2, 0) is 11.3 Å². The second-order valence-electron chi connectivity index (χ2n) is 4.58. The Morgan fingerprint density at radius 1 is 1.42 bits per heavy atom. The molecule has 0 spiro atoms. The highest BCUT2D eigenvalue weighted by Crippen LogP contribution is 2.20. The summed E-state index contributed by atoms with van der Waals surface area (Å²) in [6.07, 6.45) is 0.928. The van der Waals surface area contributed by atoms with E-state index in [-0.39, 0.29) is 6.61 Å². The number of ether oxygens (including phenoxy) is 1. The van der Waals surface area contributed by atoms with Crippen molar-refractivity contribution < 1.29 is 9.84 Å². The van der Waals surface area contributed by atoms with E-state index >= 15 is 0 Å². The predicted octanol–water partition coefficient (Wildman–Crippen LogP) is 1.79. The summed E-state index contributed by atoms with van der Waals surface area (Å²) in [7, 11) is 1.70. The lowest BCUT2D eigenvalue weighted by molar-refractivity contribution is 0.197. The standard InChI is InChI=1S/C14H21N3O2/c1-11-4-5-13-12(10-11)16-14(17(13)7-8-18)15-6-3-9-19-2/h4-5,10,18H,3,6-9H2,1-2H3,(H,15,16). The number of anilines is 1. The summed E-state index contributed by atoms with van der Waals surface area (Å²) in [4.78, 5) is 4.59. The molecule has 0 saturated carbocycles. The first-order valence-electron chi connectivity index (χ1n) is 6.57. The Kier molecular flexibility index (Phi) is 4.76. The molecule has 1 aromatic heterocycles. The van der Waals surface area contributed by atoms with E-state index in [4.69, 9.17) is 4.74 Å². The number of aliphatic hydroxyl groups excluding tert-OH is 1. The van der Waals surface area contributed by atoms with Crippen LogP contribution in [0.5, 0.6) is 0 Å². The number of nitrogens with zero attached hydrogens (tertiary/aromatic N) is 2. The van der Waals surface area contributed by atoms with Crippen molar-refractivity contribution in [3.8, 4) is 0 Å². The highest BCUT2D eigenvalue weighted by atomic mass is 16.5. The number of nitrogens with one attached hydrogen (secondary N) is 1. The lowest BCUT2D eigenvalue weighted by Crippen LogP contribution is -2.11. The van der Waals surface area contributed by atoms with E-state index in [0.717, 1.165) is 36.6 Å². The molecular weight excluding hydrogens is 242 g/mol. The third kappa shape index (κ3) is 3.24. The first-order valence-corrected chi connectivity index (χ1v) is 6.57. The van der Waals surface area contributed by atoms with Gasteiger partial charge < -0.3 is 19.7 Å². The number of methoxy groups -OCH3 is 1. The van der Waals surface area contributed by atoms with Gasteiger partial charge in [0.15, 0.2) is 0 Å². The monoisotopic (exact) mass is 263 g/mol. The third-order valence-electron chi connectivity index (χ3n) is 3.04. The Balaban J connectivity index is 2.22. The van der Waals surface area contributed by atoms with Crippen LogP contribution >= 0.6 is 0 Å². The number of benzene rings is 1. The molecule has 0 fully saturated rings. The van der Waals surface area contributed by atoms with Crippen LogP contribution in [0.1, 0.15) is 12.0 Å². The van der Waals surface area contributed by atoms with Crippen LogP contribution in [0.3, 0.4) is 0 Å². The van der Waals surface area contributed by atoms with E-state index in [1.807, 2.05) is 10.6 Å². The van der Waals surface area contributed by atoms with Crippen molar-refractivity contribution in [3.63, 3.8) is 0 Å². The minimum Gasteiger partial charge on any atom is -0.395 e. The first-order chi connectivity index (χ1) is 9.26. The zero-order chi connectivity index (χ0) is 13.7. The lowest BCUT2D eigenvalue weighted by atomic mass is 10.2. The average Bonchev–Trinajstić information content (AvgIpc) is 2.73. The number of aryl methyl sites for hydroxylation is 1. The molecule has 0 unspecified atom stereocenters. The molecule has 19 heavy (non-hydrogen) atoms. The molecule has 0 aliphatic rings. The maximum absolute atomic E-state index is 9.19. The second kappa shape index (κ2) is 6.54. The second-order valence-corrected chi connectivity index (χ2v) is 4.58. The Hall–Kier alpha value is -1.59. The summed E-state index contributed by atoms with van der Waals surface area (Å²) < 4.78 is 7.04. The fourth-order valence-electron chi connectivity index (χ4n) is 2.12. The normalized spacial score (nSPS) is 11.1. The summed E-state index contributed by atoms with van der Waals surface area (Å²) in [5.41, 5.74) is 3.20. The number of imidazole rings is 1. The van der Waals surface area contributed by atoms with Gasteiger partial charge in [-0.15, -0.1) is 0 Å². The van der Waals surface area contributed by atoms with Crippen LogP contribution in [0.2, 0.25) is 0 Å². The topological polar surface area (TPSA) is 59.3 Å². The largest absolute Gasteiger partial charge is 0.395 e. The van der Waals surface area contributed by atoms with Gasteiger partial charge >= 0.3 is 0 Å². The van der Waals surface area contributed by atoms with Crippen molar-refractivity contribution in [2.75, 3.05) is 32.2 Å². The van der Waals surface area contributed by atoms with E-state index < -0.39 is 0 Å². The number of aliphatic hydroxyl groups is 1. The van der Waals surface area contributed by atoms with E-state index in [1.165, 1.54) is 5.56 Å². The van der Waals surface area contributed by atoms with Crippen molar-refractivity contribution in [1.29, 1.82) is 0 Å². The van der Waals surface area contributed by atoms with Crippen LogP contribution < -0.4 is 5.32 Å². The minimum absolute atomic E-state index is 0.103. The van der Waals surface area contributed by atoms with Gasteiger partial charge in [-0.3, -0.25) is 0 Å². The Morgan fingerprint density at radius 3 is 3.00 bits per heavy atom. The van der Waals surface area contributed by atoms with Crippen molar-refractivity contribution in [3.05, 3.63) is 23.8 Å². The molecule has 2 rings (SSSR count). The molecule has 5 heteroatoms. The number of fused-ring (bicyclic) bond motifs is 1. The van der Waals surface area contributed by atoms with Gasteiger partial charge in [0.05, 0.1) is 17.6 Å². The van der Waals surface area contributed by atoms with Crippen LogP contribution in [-0.4, -0.2) is 41.5 Å². The van der Waals surface area contributed by atoms with Crippen LogP contribution in [0, 0.1) is 6.92 Å². The highest BCUT2D eigenvalue weighted by molar-refractivity contribution is 5.79. The molecule has 0 aliphatic heterocycles. The number of rotatable bonds is 7. The molecule has 104 valence electrons. The summed E-state index contributed by atoms with van der Waals surface area (Å²) in [6, 6.07) is 6.17. The molecule has 0 bridgehead atoms. The van der Waals surface area contributed by atoms with Gasteiger partial charge in [0.25, 0.3) is 0 Å². The van der Waals surface area contributed by atoms with Crippen molar-refractivity contribution in [2.24, 2.45) is 0 Å². The fraction of sp³-hybridized carbons (Fsp3) is 0.500. The van der Waals surface area contributed by atoms with Crippen LogP contribution in [0.15, 0.2) is 18.2 Å². The zero-order valence-electron chi connectivity index (χ0n) is 11.5. The number of hydrogen-bond acceptors (Lipinski definition) is 4. The summed E-state index contributed by atoms with van der Waals surface area (Å²) in [5.74, 6) is 0.811. The summed E-state index contributed by atoms with van der Waals surface area (Å²) in [6.45, 7) is 4.24. The van der Waals surface area contributed by atoms with Crippen LogP contribution in [0.4, 0.5) is 5.95 Å². The van der Waals surface area contributed by atoms with E-state index in [1.54, 1.807) is 7.11 Å². The van der Waals surface area contributed by atoms with Gasteiger partial charge in [-0.25, -0.2) is 4.98 Å². The molecule has 1 aromatic carbocycles. The summed E-state index contributed by atoms with van der Waals surface area (Å²) >= 11 is 0. The molecule has 2 aromatic rings. The molecule has 0 aliphatic carbocycles. The fourth-order valence-corrected chi connectivity index (χ4v) is 2.12. The van der Waals surface area contributed by atoms with Crippen molar-refractivity contribution in [1.82, 2.24) is 9.55 Å². The van der Waals surface area contributed by atoms with E-state index in [2.05, 4.69) is 29.4 Å². The van der Waals surface area contributed by atoms with Gasteiger partial charge in [-0.1, -0.05) is 6.07 Å². The molecular formula is C14H21N3O2. The maximum Gasteiger partial charge on any atom is 0.203 e. The Morgan fingerprint density at radius 2 is 2.26 bits per heavy atom. The van der Waals surface area contributed by atoms with E-state index in [0.29, 0.717) is 6.54 Å². The summed E-state index contributed by atoms with van der Waals surface area (Å²) in [5, 5.41) is 12.5. The molecule has 5 nitrogen and oxygen atoms in total. The molecule has 1 heterocycles. The molecule has 0 atom stereocenters. The molecule has 0 saturated heterocycles. The molecule has 0 radical (unpaired) electrons. The third-order valence-corrected chi connectivity index (χ3v) is 3.04. The number of hydrogen-bond donors (Lipinski definition) is 2. The maximum atomic E-state index is 9.19. The Labute approximate surface area is 113 Å². The zero-order valence-corrected chi connectivity index (χ0v) is 11.5. The molecule has 0 amide bonds. The quantitative estimate of drug-likeness (QED) is 0.748.